The molecule has 1 unspecified atom stereocenters. The van der Waals surface area contributed by atoms with Gasteiger partial charge in [0.15, 0.2) is 9.84 Å². The van der Waals surface area contributed by atoms with E-state index in [1.165, 1.54) is 32.0 Å². The lowest BCUT2D eigenvalue weighted by Crippen LogP contribution is -2.49. The molecule has 0 aliphatic carbocycles. The zero-order valence-corrected chi connectivity index (χ0v) is 18.8. The fraction of sp³-hybridized carbons (Fsp3) is 0.227. The maximum atomic E-state index is 13.2. The van der Waals surface area contributed by atoms with Crippen LogP contribution in [0.5, 0.6) is 0 Å². The minimum Gasteiger partial charge on any atom is -0.366 e. The normalized spacial score (nSPS) is 16.8. The molecule has 0 saturated carbocycles. The summed E-state index contributed by atoms with van der Waals surface area (Å²) < 4.78 is 65.0. The van der Waals surface area contributed by atoms with Crippen LogP contribution in [0.15, 0.2) is 58.6 Å². The molecule has 2 aromatic carbocycles. The first-order chi connectivity index (χ1) is 15.8. The molecule has 12 heteroatoms. The van der Waals surface area contributed by atoms with Gasteiger partial charge in [0.2, 0.25) is 5.91 Å². The molecule has 0 spiro atoms. The lowest BCUT2D eigenvalue weighted by atomic mass is 9.93. The van der Waals surface area contributed by atoms with Crippen LogP contribution in [0, 0.1) is 11.3 Å². The molecular formula is C22H19F3N4O4S. The van der Waals surface area contributed by atoms with E-state index in [1.807, 2.05) is 6.07 Å². The third-order valence-electron chi connectivity index (χ3n) is 5.35. The summed E-state index contributed by atoms with van der Waals surface area (Å²) >= 11 is 0. The second-order valence-corrected chi connectivity index (χ2v) is 9.64. The third-order valence-corrected chi connectivity index (χ3v) is 7.13. The van der Waals surface area contributed by atoms with E-state index in [2.05, 4.69) is 5.32 Å². The van der Waals surface area contributed by atoms with Gasteiger partial charge in [-0.1, -0.05) is 19.1 Å². The average Bonchev–Trinajstić information content (AvgIpc) is 2.77. The summed E-state index contributed by atoms with van der Waals surface area (Å²) in [7, 11) is -3.90. The fourth-order valence-corrected chi connectivity index (χ4v) is 4.86. The topological polar surface area (TPSA) is 133 Å². The summed E-state index contributed by atoms with van der Waals surface area (Å²) in [6.07, 6.45) is -4.67. The van der Waals surface area contributed by atoms with E-state index in [9.17, 15) is 36.4 Å². The largest absolute Gasteiger partial charge is 0.416 e. The number of anilines is 1. The Balaban J connectivity index is 2.24. The van der Waals surface area contributed by atoms with Crippen molar-refractivity contribution in [3.8, 4) is 6.07 Å². The van der Waals surface area contributed by atoms with Crippen LogP contribution in [0.1, 0.15) is 36.6 Å². The number of nitrogens with two attached hydrogens (primary N) is 1. The van der Waals surface area contributed by atoms with E-state index in [4.69, 9.17) is 5.73 Å². The predicted molar refractivity (Wildman–Crippen MR) is 116 cm³/mol. The highest BCUT2D eigenvalue weighted by molar-refractivity contribution is 7.91. The Kier molecular flexibility index (Phi) is 6.44. The van der Waals surface area contributed by atoms with Crippen molar-refractivity contribution in [2.24, 2.45) is 5.73 Å². The molecule has 3 amide bonds. The Morgan fingerprint density at radius 3 is 2.47 bits per heavy atom. The number of carbonyl (C=O) groups is 2. The molecule has 0 radical (unpaired) electrons. The van der Waals surface area contributed by atoms with Crippen molar-refractivity contribution in [3.05, 3.63) is 70.4 Å². The minimum atomic E-state index is -4.67. The average molecular weight is 492 g/mol. The lowest BCUT2D eigenvalue weighted by Gasteiger charge is -2.36. The van der Waals surface area contributed by atoms with Crippen molar-refractivity contribution in [2.45, 2.75) is 31.0 Å². The number of alkyl halides is 3. The number of halogens is 3. The van der Waals surface area contributed by atoms with Crippen LogP contribution in [-0.2, 0) is 20.8 Å². The smallest absolute Gasteiger partial charge is 0.366 e. The summed E-state index contributed by atoms with van der Waals surface area (Å²) in [6, 6.07) is 7.33. The molecule has 178 valence electrons. The van der Waals surface area contributed by atoms with Gasteiger partial charge < -0.3 is 11.1 Å². The molecular weight excluding hydrogens is 473 g/mol. The van der Waals surface area contributed by atoms with Gasteiger partial charge in [0.25, 0.3) is 0 Å². The van der Waals surface area contributed by atoms with E-state index < -0.39 is 39.6 Å². The Bertz CT molecular complexity index is 1360. The van der Waals surface area contributed by atoms with E-state index >= 15 is 0 Å². The van der Waals surface area contributed by atoms with E-state index in [1.54, 1.807) is 0 Å². The summed E-state index contributed by atoms with van der Waals surface area (Å²) in [5, 5.41) is 11.7. The number of hydrogen-bond acceptors (Lipinski definition) is 5. The van der Waals surface area contributed by atoms with Crippen LogP contribution in [0.4, 0.5) is 23.7 Å². The molecule has 3 N–H and O–H groups in total. The van der Waals surface area contributed by atoms with Gasteiger partial charge in [-0.15, -0.1) is 0 Å². The summed E-state index contributed by atoms with van der Waals surface area (Å²) in [6.45, 7) is 2.72. The number of rotatable bonds is 5. The van der Waals surface area contributed by atoms with Gasteiger partial charge in [-0.2, -0.15) is 18.4 Å². The molecule has 1 heterocycles. The van der Waals surface area contributed by atoms with Gasteiger partial charge >= 0.3 is 12.2 Å². The van der Waals surface area contributed by atoms with Gasteiger partial charge in [-0.05, 0) is 42.8 Å². The highest BCUT2D eigenvalue weighted by Crippen LogP contribution is 2.38. The zero-order chi connectivity index (χ0) is 25.4. The molecule has 1 atom stereocenters. The Labute approximate surface area is 193 Å². The molecule has 34 heavy (non-hydrogen) atoms. The van der Waals surface area contributed by atoms with Gasteiger partial charge in [0.1, 0.15) is 0 Å². The number of amides is 3. The Morgan fingerprint density at radius 2 is 1.91 bits per heavy atom. The summed E-state index contributed by atoms with van der Waals surface area (Å²) in [5.41, 5.74) is 4.17. The van der Waals surface area contributed by atoms with Gasteiger partial charge in [0.05, 0.1) is 45.1 Å². The fourth-order valence-electron chi connectivity index (χ4n) is 3.70. The van der Waals surface area contributed by atoms with Gasteiger partial charge in [-0.3, -0.25) is 9.69 Å². The maximum Gasteiger partial charge on any atom is 0.416 e. The number of carbonyl (C=O) groups excluding carboxylic acids is 2. The molecule has 8 nitrogen and oxygen atoms in total. The van der Waals surface area contributed by atoms with Crippen LogP contribution in [-0.4, -0.2) is 26.1 Å². The molecule has 0 fully saturated rings. The molecule has 1 aliphatic rings. The molecule has 0 bridgehead atoms. The first-order valence-corrected chi connectivity index (χ1v) is 11.5. The van der Waals surface area contributed by atoms with Crippen molar-refractivity contribution in [2.75, 3.05) is 10.7 Å². The van der Waals surface area contributed by atoms with Crippen molar-refractivity contribution in [3.63, 3.8) is 0 Å². The molecule has 0 aromatic heterocycles. The van der Waals surface area contributed by atoms with Crippen LogP contribution < -0.4 is 16.0 Å². The van der Waals surface area contributed by atoms with E-state index in [0.29, 0.717) is 0 Å². The Morgan fingerprint density at radius 1 is 1.24 bits per heavy atom. The monoisotopic (exact) mass is 492 g/mol. The standard InChI is InChI=1S/C22H19F3N4O4S/c1-3-34(32,33)17-9-13(11-26)7-8-16(17)19-18(20(27)30)12(2)29(21(31)28-19)15-6-4-5-14(10-15)22(23,24)25/h4-10,19H,3H2,1-2H3,(H2,27,30)(H,28,31). The number of hydrogen-bond donors (Lipinski definition) is 2. The number of allylic oxidation sites excluding steroid dienone is 1. The first kappa shape index (κ1) is 24.8. The quantitative estimate of drug-likeness (QED) is 0.660. The number of nitriles is 1. The van der Waals surface area contributed by atoms with Crippen molar-refractivity contribution >= 4 is 27.5 Å². The van der Waals surface area contributed by atoms with E-state index in [-0.39, 0.29) is 38.7 Å². The predicted octanol–water partition coefficient (Wildman–Crippen LogP) is 3.40. The first-order valence-electron chi connectivity index (χ1n) is 9.87. The van der Waals surface area contributed by atoms with Gasteiger partial charge in [0, 0.05) is 5.70 Å². The van der Waals surface area contributed by atoms with Crippen molar-refractivity contribution in [1.29, 1.82) is 5.26 Å². The van der Waals surface area contributed by atoms with E-state index in [0.717, 1.165) is 29.2 Å². The molecule has 1 aliphatic heterocycles. The second kappa shape index (κ2) is 8.83. The zero-order valence-electron chi connectivity index (χ0n) is 18.0. The SMILES string of the molecule is CCS(=O)(=O)c1cc(C#N)ccc1C1NC(=O)N(c2cccc(C(F)(F)F)c2)C(C)=C1C(N)=O. The third kappa shape index (κ3) is 4.47. The molecule has 3 rings (SSSR count). The molecule has 0 saturated heterocycles. The van der Waals surface area contributed by atoms with Crippen LogP contribution >= 0.6 is 0 Å². The van der Waals surface area contributed by atoms with Crippen molar-refractivity contribution in [1.82, 2.24) is 5.32 Å². The maximum absolute atomic E-state index is 13.2. The Hall–Kier alpha value is -3.85. The number of nitrogens with one attached hydrogen (secondary N) is 1. The second-order valence-electron chi connectivity index (χ2n) is 7.40. The molecule has 2 aromatic rings. The lowest BCUT2D eigenvalue weighted by molar-refractivity contribution is -0.137. The highest BCUT2D eigenvalue weighted by Gasteiger charge is 2.39. The number of sulfone groups is 1. The van der Waals surface area contributed by atoms with Crippen LogP contribution in [0.2, 0.25) is 0 Å². The van der Waals surface area contributed by atoms with Crippen LogP contribution in [0.25, 0.3) is 0 Å². The van der Waals surface area contributed by atoms with Crippen LogP contribution in [0.3, 0.4) is 0 Å². The van der Waals surface area contributed by atoms with Crippen molar-refractivity contribution < 1.29 is 31.2 Å². The van der Waals surface area contributed by atoms with Gasteiger partial charge in [-0.25, -0.2) is 13.2 Å². The number of nitrogens with zero attached hydrogens (tertiary/aromatic N) is 2. The highest BCUT2D eigenvalue weighted by atomic mass is 32.2. The minimum absolute atomic E-state index is 0.00559. The number of primary amides is 1. The number of benzene rings is 2. The summed E-state index contributed by atoms with van der Waals surface area (Å²) in [4.78, 5) is 26.0. The number of urea groups is 1. The summed E-state index contributed by atoms with van der Waals surface area (Å²) in [5.74, 6) is -1.33.